The maximum atomic E-state index is 12.1. The van der Waals surface area contributed by atoms with Crippen LogP contribution in [0.1, 0.15) is 38.2 Å². The molecule has 0 radical (unpaired) electrons. The van der Waals surface area contributed by atoms with Crippen LogP contribution in [0.3, 0.4) is 0 Å². The van der Waals surface area contributed by atoms with E-state index in [9.17, 15) is 14.4 Å². The molecular formula is C25H38N2O9. The number of carbonyl (C=O) groups excluding carboxylic acids is 1. The van der Waals surface area contributed by atoms with Crippen LogP contribution >= 0.6 is 0 Å². The van der Waals surface area contributed by atoms with Crippen molar-refractivity contribution in [3.63, 3.8) is 0 Å². The lowest BCUT2D eigenvalue weighted by atomic mass is 9.87. The molecule has 2 unspecified atom stereocenters. The van der Waals surface area contributed by atoms with Gasteiger partial charge in [-0.1, -0.05) is 13.0 Å². The van der Waals surface area contributed by atoms with Crippen LogP contribution < -0.4 is 14.8 Å². The number of hydrogen-bond acceptors (Lipinski definition) is 8. The summed E-state index contributed by atoms with van der Waals surface area (Å²) in [6, 6.07) is 6.01. The second-order valence-electron chi connectivity index (χ2n) is 8.93. The van der Waals surface area contributed by atoms with E-state index in [4.69, 9.17) is 29.9 Å². The monoisotopic (exact) mass is 510 g/mol. The molecule has 11 heteroatoms. The average Bonchev–Trinajstić information content (AvgIpc) is 2.83. The normalized spacial score (nSPS) is 19.1. The molecule has 0 bridgehead atoms. The highest BCUT2D eigenvalue weighted by Crippen LogP contribution is 2.28. The minimum atomic E-state index is -2.27. The molecule has 1 aromatic rings. The van der Waals surface area contributed by atoms with Crippen molar-refractivity contribution in [2.45, 2.75) is 50.9 Å². The first kappa shape index (κ1) is 30.9. The predicted molar refractivity (Wildman–Crippen MR) is 133 cm³/mol. The number of rotatable bonds is 11. The molecule has 2 atom stereocenters. The Morgan fingerprint density at radius 1 is 1.06 bits per heavy atom. The van der Waals surface area contributed by atoms with Crippen molar-refractivity contribution in [2.75, 3.05) is 34.4 Å². The van der Waals surface area contributed by atoms with E-state index >= 15 is 0 Å². The van der Waals surface area contributed by atoms with Crippen LogP contribution in [0, 0.1) is 5.92 Å². The van der Waals surface area contributed by atoms with E-state index in [-0.39, 0.29) is 5.91 Å². The van der Waals surface area contributed by atoms with E-state index in [2.05, 4.69) is 17.1 Å². The number of aliphatic hydroxyl groups is 2. The number of hydrogen-bond donors (Lipinski definition) is 5. The predicted octanol–water partition coefficient (Wildman–Crippen LogP) is 1.22. The Balaban J connectivity index is 0.000000548. The van der Waals surface area contributed by atoms with E-state index in [1.165, 1.54) is 12.8 Å². The van der Waals surface area contributed by atoms with Gasteiger partial charge in [0, 0.05) is 18.7 Å². The first-order chi connectivity index (χ1) is 16.9. The summed E-state index contributed by atoms with van der Waals surface area (Å²) in [6.07, 6.45) is 3.42. The van der Waals surface area contributed by atoms with Crippen LogP contribution in [0.25, 0.3) is 6.08 Å². The van der Waals surface area contributed by atoms with E-state index in [0.717, 1.165) is 30.9 Å². The van der Waals surface area contributed by atoms with Gasteiger partial charge < -0.3 is 40.1 Å². The zero-order valence-electron chi connectivity index (χ0n) is 21.2. The highest BCUT2D eigenvalue weighted by atomic mass is 16.5. The van der Waals surface area contributed by atoms with Gasteiger partial charge in [-0.05, 0) is 69.5 Å². The highest BCUT2D eigenvalue weighted by molar-refractivity contribution is 5.92. The largest absolute Gasteiger partial charge is 0.493 e. The molecule has 1 aliphatic rings. The molecule has 0 spiro atoms. The molecule has 1 aromatic carbocycles. The first-order valence-electron chi connectivity index (χ1n) is 11.7. The van der Waals surface area contributed by atoms with Gasteiger partial charge in [0.25, 0.3) is 0 Å². The van der Waals surface area contributed by atoms with Gasteiger partial charge in [0.15, 0.2) is 23.7 Å². The fraction of sp³-hybridized carbons (Fsp3) is 0.560. The van der Waals surface area contributed by atoms with Crippen LogP contribution in [0.15, 0.2) is 24.3 Å². The Morgan fingerprint density at radius 3 is 2.14 bits per heavy atom. The summed E-state index contributed by atoms with van der Waals surface area (Å²) in [4.78, 5) is 33.7. The number of carboxylic acid groups (broad SMARTS) is 2. The van der Waals surface area contributed by atoms with Crippen LogP contribution in [0.2, 0.25) is 0 Å². The summed E-state index contributed by atoms with van der Waals surface area (Å²) in [6.45, 7) is 3.71. The van der Waals surface area contributed by atoms with E-state index in [0.29, 0.717) is 24.1 Å². The number of aliphatic hydroxyl groups excluding tert-OH is 2. The lowest BCUT2D eigenvalue weighted by molar-refractivity contribution is -0.165. The zero-order chi connectivity index (χ0) is 27.3. The van der Waals surface area contributed by atoms with Crippen molar-refractivity contribution in [3.05, 3.63) is 29.8 Å². The Labute approximate surface area is 211 Å². The standard InChI is InChI=1S/C21H32N2O3.C4H6O6/c1-16-5-9-18(10-6-16)22-21(24)12-8-17-7-11-19(20(15-17)25-4)26-14-13-23(2)3;5-1(3(7)8)2(6)4(9)10/h7-8,11-12,15-16,18H,5-6,9-10,13-14H2,1-4H3,(H,22,24);1-2,5-6H,(H,7,8)(H,9,10). The molecule has 1 amide bonds. The number of aliphatic carboxylic acids is 2. The quantitative estimate of drug-likeness (QED) is 0.273. The number of carboxylic acids is 2. The minimum absolute atomic E-state index is 0.0326. The molecule has 0 saturated heterocycles. The summed E-state index contributed by atoms with van der Waals surface area (Å²) < 4.78 is 11.2. The van der Waals surface area contributed by atoms with Crippen LogP contribution in [0.4, 0.5) is 0 Å². The van der Waals surface area contributed by atoms with Crippen molar-refractivity contribution < 1.29 is 44.3 Å². The number of benzene rings is 1. The van der Waals surface area contributed by atoms with Crippen molar-refractivity contribution in [1.29, 1.82) is 0 Å². The Bertz CT molecular complexity index is 862. The molecule has 0 aromatic heterocycles. The van der Waals surface area contributed by atoms with Crippen molar-refractivity contribution in [1.82, 2.24) is 10.2 Å². The first-order valence-corrected chi connectivity index (χ1v) is 11.7. The van der Waals surface area contributed by atoms with E-state index in [1.807, 2.05) is 38.4 Å². The van der Waals surface area contributed by atoms with Crippen molar-refractivity contribution >= 4 is 23.9 Å². The molecular weight excluding hydrogens is 472 g/mol. The van der Waals surface area contributed by atoms with Gasteiger partial charge in [0.2, 0.25) is 5.91 Å². The molecule has 1 fully saturated rings. The Kier molecular flexibility index (Phi) is 13.5. The number of methoxy groups -OCH3 is 1. The van der Waals surface area contributed by atoms with Gasteiger partial charge in [-0.25, -0.2) is 9.59 Å². The number of amides is 1. The third-order valence-electron chi connectivity index (χ3n) is 5.58. The summed E-state index contributed by atoms with van der Waals surface area (Å²) in [5.74, 6) is -1.40. The maximum Gasteiger partial charge on any atom is 0.335 e. The summed E-state index contributed by atoms with van der Waals surface area (Å²) in [7, 11) is 5.64. The number of nitrogens with zero attached hydrogens (tertiary/aromatic N) is 1. The molecule has 11 nitrogen and oxygen atoms in total. The number of nitrogens with one attached hydrogen (secondary N) is 1. The lowest BCUT2D eigenvalue weighted by Gasteiger charge is -2.26. The second kappa shape index (κ2) is 15.8. The zero-order valence-corrected chi connectivity index (χ0v) is 21.2. The van der Waals surface area contributed by atoms with Gasteiger partial charge in [-0.3, -0.25) is 4.79 Å². The molecule has 2 rings (SSSR count). The molecule has 0 heterocycles. The molecule has 202 valence electrons. The smallest absolute Gasteiger partial charge is 0.335 e. The van der Waals surface area contributed by atoms with E-state index in [1.54, 1.807) is 13.2 Å². The van der Waals surface area contributed by atoms with Gasteiger partial charge in [-0.15, -0.1) is 0 Å². The van der Waals surface area contributed by atoms with Gasteiger partial charge in [-0.2, -0.15) is 0 Å². The topological polar surface area (TPSA) is 166 Å². The number of carbonyl (C=O) groups is 3. The summed E-state index contributed by atoms with van der Waals surface area (Å²) in [5.41, 5.74) is 0.911. The Hall–Kier alpha value is -3.15. The average molecular weight is 511 g/mol. The lowest BCUT2D eigenvalue weighted by Crippen LogP contribution is -2.39. The van der Waals surface area contributed by atoms with Gasteiger partial charge >= 0.3 is 11.9 Å². The maximum absolute atomic E-state index is 12.1. The van der Waals surface area contributed by atoms with Crippen LogP contribution in [-0.2, 0) is 14.4 Å². The van der Waals surface area contributed by atoms with Crippen molar-refractivity contribution in [2.24, 2.45) is 5.92 Å². The molecule has 36 heavy (non-hydrogen) atoms. The highest BCUT2D eigenvalue weighted by Gasteiger charge is 2.29. The van der Waals surface area contributed by atoms with Gasteiger partial charge in [0.1, 0.15) is 6.61 Å². The second-order valence-corrected chi connectivity index (χ2v) is 8.93. The fourth-order valence-corrected chi connectivity index (χ4v) is 3.34. The van der Waals surface area contributed by atoms with Crippen LogP contribution in [-0.4, -0.2) is 95.8 Å². The molecule has 5 N–H and O–H groups in total. The molecule has 0 aliphatic heterocycles. The van der Waals surface area contributed by atoms with Gasteiger partial charge in [0.05, 0.1) is 7.11 Å². The van der Waals surface area contributed by atoms with E-state index < -0.39 is 24.1 Å². The third kappa shape index (κ3) is 11.5. The SMILES string of the molecule is COc1cc(C=CC(=O)NC2CCC(C)CC2)ccc1OCCN(C)C.O=C(O)C(O)C(O)C(=O)O. The number of likely N-dealkylation sites (N-methyl/N-ethyl adjacent to an activating group) is 1. The summed E-state index contributed by atoms with van der Waals surface area (Å²) in [5, 5.41) is 35.6. The molecule has 1 saturated carbocycles. The Morgan fingerprint density at radius 2 is 1.64 bits per heavy atom. The third-order valence-corrected chi connectivity index (χ3v) is 5.58. The fourth-order valence-electron chi connectivity index (χ4n) is 3.34. The van der Waals surface area contributed by atoms with Crippen LogP contribution in [0.5, 0.6) is 11.5 Å². The summed E-state index contributed by atoms with van der Waals surface area (Å²) >= 11 is 0. The minimum Gasteiger partial charge on any atom is -0.493 e. The molecule has 1 aliphatic carbocycles. The number of ether oxygens (including phenoxy) is 2. The van der Waals surface area contributed by atoms with Crippen molar-refractivity contribution in [3.8, 4) is 11.5 Å².